The largest absolute Gasteiger partial charge is 0.319 e. The highest BCUT2D eigenvalue weighted by molar-refractivity contribution is 7.08. The highest BCUT2D eigenvalue weighted by Crippen LogP contribution is 2.27. The molecule has 0 fully saturated rings. The molecule has 0 bridgehead atoms. The summed E-state index contributed by atoms with van der Waals surface area (Å²) in [6, 6.07) is 0. The summed E-state index contributed by atoms with van der Waals surface area (Å²) in [6.45, 7) is 9.44. The lowest BCUT2D eigenvalue weighted by molar-refractivity contribution is 0.663. The molecular weight excluding hydrogens is 254 g/mol. The monoisotopic (exact) mass is 275 g/mol. The van der Waals surface area contributed by atoms with E-state index in [0.717, 1.165) is 29.3 Å². The van der Waals surface area contributed by atoms with Gasteiger partial charge in [0.1, 0.15) is 0 Å². The molecule has 1 unspecified atom stereocenters. The summed E-state index contributed by atoms with van der Waals surface area (Å²) in [4.78, 5) is 9.42. The van der Waals surface area contributed by atoms with Gasteiger partial charge < -0.3 is 5.32 Å². The highest BCUT2D eigenvalue weighted by atomic mass is 32.1. The van der Waals surface area contributed by atoms with Crippen molar-refractivity contribution in [2.45, 2.75) is 33.6 Å². The van der Waals surface area contributed by atoms with Gasteiger partial charge in [0, 0.05) is 28.9 Å². The van der Waals surface area contributed by atoms with E-state index in [4.69, 9.17) is 9.97 Å². The first-order valence-electron chi connectivity index (χ1n) is 6.57. The van der Waals surface area contributed by atoms with Crippen LogP contribution in [0.15, 0.2) is 10.8 Å². The number of nitrogens with zero attached hydrogens (tertiary/aromatic N) is 2. The first kappa shape index (κ1) is 14.2. The zero-order chi connectivity index (χ0) is 14.0. The van der Waals surface area contributed by atoms with Crippen molar-refractivity contribution in [2.75, 3.05) is 13.6 Å². The molecule has 0 aliphatic heterocycles. The molecule has 0 saturated carbocycles. The quantitative estimate of drug-likeness (QED) is 0.928. The Morgan fingerprint density at radius 3 is 2.26 bits per heavy atom. The number of hydrogen-bond donors (Lipinski definition) is 1. The van der Waals surface area contributed by atoms with E-state index in [0.29, 0.717) is 5.92 Å². The Bertz CT molecular complexity index is 552. The predicted octanol–water partition coefficient (Wildman–Crippen LogP) is 3.45. The molecule has 0 amide bonds. The van der Waals surface area contributed by atoms with Crippen LogP contribution >= 0.6 is 11.3 Å². The molecule has 2 rings (SSSR count). The fraction of sp³-hybridized carbons (Fsp3) is 0.467. The van der Waals surface area contributed by atoms with Crippen molar-refractivity contribution in [3.05, 3.63) is 33.3 Å². The summed E-state index contributed by atoms with van der Waals surface area (Å²) in [5.41, 5.74) is 5.86. The fourth-order valence-electron chi connectivity index (χ4n) is 2.56. The maximum Gasteiger partial charge on any atom is 0.160 e. The minimum Gasteiger partial charge on any atom is -0.319 e. The van der Waals surface area contributed by atoms with Gasteiger partial charge in [-0.3, -0.25) is 0 Å². The zero-order valence-electron chi connectivity index (χ0n) is 12.2. The lowest BCUT2D eigenvalue weighted by Gasteiger charge is -2.17. The molecule has 2 aromatic heterocycles. The second kappa shape index (κ2) is 5.80. The first-order valence-corrected chi connectivity index (χ1v) is 7.51. The van der Waals surface area contributed by atoms with E-state index in [2.05, 4.69) is 43.8 Å². The lowest BCUT2D eigenvalue weighted by Crippen LogP contribution is -2.17. The van der Waals surface area contributed by atoms with Gasteiger partial charge in [-0.25, -0.2) is 9.97 Å². The van der Waals surface area contributed by atoms with E-state index in [1.807, 2.05) is 7.05 Å². The third-order valence-electron chi connectivity index (χ3n) is 3.43. The Hall–Kier alpha value is -1.26. The fourth-order valence-corrected chi connectivity index (χ4v) is 3.38. The van der Waals surface area contributed by atoms with Crippen LogP contribution in [0.3, 0.4) is 0 Å². The number of hydrogen-bond acceptors (Lipinski definition) is 4. The van der Waals surface area contributed by atoms with Crippen LogP contribution in [0.1, 0.15) is 35.4 Å². The van der Waals surface area contributed by atoms with E-state index < -0.39 is 0 Å². The molecule has 102 valence electrons. The van der Waals surface area contributed by atoms with Crippen LogP contribution in [0.25, 0.3) is 11.4 Å². The molecule has 0 radical (unpaired) electrons. The SMILES string of the molecule is CNCC(C)c1c(C)nc(-c2cscc2C)nc1C. The summed E-state index contributed by atoms with van der Waals surface area (Å²) in [5.74, 6) is 1.29. The molecule has 0 spiro atoms. The molecule has 2 aromatic rings. The van der Waals surface area contributed by atoms with Crippen LogP contribution in [-0.2, 0) is 0 Å². The molecular formula is C15H21N3S. The van der Waals surface area contributed by atoms with E-state index in [-0.39, 0.29) is 0 Å². The van der Waals surface area contributed by atoms with Crippen LogP contribution in [-0.4, -0.2) is 23.6 Å². The van der Waals surface area contributed by atoms with Crippen molar-refractivity contribution in [1.29, 1.82) is 0 Å². The topological polar surface area (TPSA) is 37.8 Å². The van der Waals surface area contributed by atoms with Crippen molar-refractivity contribution in [1.82, 2.24) is 15.3 Å². The molecule has 1 N–H and O–H groups in total. The van der Waals surface area contributed by atoms with Gasteiger partial charge in [0.2, 0.25) is 0 Å². The Labute approximate surface area is 119 Å². The average Bonchev–Trinajstić information content (AvgIpc) is 2.74. The minimum atomic E-state index is 0.433. The molecule has 4 heteroatoms. The summed E-state index contributed by atoms with van der Waals surface area (Å²) in [7, 11) is 1.98. The summed E-state index contributed by atoms with van der Waals surface area (Å²) >= 11 is 1.70. The van der Waals surface area contributed by atoms with Crippen molar-refractivity contribution in [2.24, 2.45) is 0 Å². The van der Waals surface area contributed by atoms with Gasteiger partial charge >= 0.3 is 0 Å². The number of aryl methyl sites for hydroxylation is 3. The van der Waals surface area contributed by atoms with Crippen LogP contribution in [0.2, 0.25) is 0 Å². The maximum atomic E-state index is 4.71. The second-order valence-corrected chi connectivity index (χ2v) is 5.80. The van der Waals surface area contributed by atoms with Gasteiger partial charge in [0.15, 0.2) is 5.82 Å². The van der Waals surface area contributed by atoms with E-state index in [9.17, 15) is 0 Å². The second-order valence-electron chi connectivity index (χ2n) is 5.06. The highest BCUT2D eigenvalue weighted by Gasteiger charge is 2.16. The van der Waals surface area contributed by atoms with Crippen LogP contribution in [0, 0.1) is 20.8 Å². The Morgan fingerprint density at radius 1 is 1.16 bits per heavy atom. The molecule has 1 atom stereocenters. The maximum absolute atomic E-state index is 4.71. The van der Waals surface area contributed by atoms with Gasteiger partial charge in [-0.15, -0.1) is 0 Å². The van der Waals surface area contributed by atoms with Gasteiger partial charge in [0.05, 0.1) is 0 Å². The van der Waals surface area contributed by atoms with Crippen molar-refractivity contribution in [3.63, 3.8) is 0 Å². The molecule has 3 nitrogen and oxygen atoms in total. The number of thiophene rings is 1. The number of likely N-dealkylation sites (N-methyl/N-ethyl adjacent to an activating group) is 1. The predicted molar refractivity (Wildman–Crippen MR) is 81.9 cm³/mol. The van der Waals surface area contributed by atoms with Gasteiger partial charge in [-0.2, -0.15) is 11.3 Å². The number of aromatic nitrogens is 2. The van der Waals surface area contributed by atoms with E-state index >= 15 is 0 Å². The summed E-state index contributed by atoms with van der Waals surface area (Å²) in [6.07, 6.45) is 0. The van der Waals surface area contributed by atoms with E-state index in [1.54, 1.807) is 11.3 Å². The van der Waals surface area contributed by atoms with E-state index in [1.165, 1.54) is 11.1 Å². The van der Waals surface area contributed by atoms with Crippen LogP contribution in [0.5, 0.6) is 0 Å². The summed E-state index contributed by atoms with van der Waals surface area (Å²) < 4.78 is 0. The first-order chi connectivity index (χ1) is 9.04. The van der Waals surface area contributed by atoms with Crippen LogP contribution in [0.4, 0.5) is 0 Å². The van der Waals surface area contributed by atoms with Crippen molar-refractivity contribution >= 4 is 11.3 Å². The molecule has 0 aromatic carbocycles. The molecule has 19 heavy (non-hydrogen) atoms. The van der Waals surface area contributed by atoms with Crippen molar-refractivity contribution < 1.29 is 0 Å². The van der Waals surface area contributed by atoms with Crippen molar-refractivity contribution in [3.8, 4) is 11.4 Å². The Morgan fingerprint density at radius 2 is 1.79 bits per heavy atom. The van der Waals surface area contributed by atoms with Crippen LogP contribution < -0.4 is 5.32 Å². The normalized spacial score (nSPS) is 12.7. The Kier molecular flexibility index (Phi) is 4.32. The molecule has 2 heterocycles. The molecule has 0 saturated heterocycles. The lowest BCUT2D eigenvalue weighted by atomic mass is 9.98. The average molecular weight is 275 g/mol. The standard InChI is InChI=1S/C15H21N3S/c1-9(6-16-5)14-11(3)17-15(18-12(14)4)13-8-19-7-10(13)2/h7-9,16H,6H2,1-5H3. The van der Waals surface area contributed by atoms with Gasteiger partial charge in [0.25, 0.3) is 0 Å². The minimum absolute atomic E-state index is 0.433. The van der Waals surface area contributed by atoms with Gasteiger partial charge in [-0.1, -0.05) is 6.92 Å². The third-order valence-corrected chi connectivity index (χ3v) is 4.29. The number of rotatable bonds is 4. The number of nitrogens with one attached hydrogen (secondary N) is 1. The Balaban J connectivity index is 2.45. The smallest absolute Gasteiger partial charge is 0.160 e. The zero-order valence-corrected chi connectivity index (χ0v) is 13.1. The molecule has 0 aliphatic carbocycles. The third kappa shape index (κ3) is 2.85. The molecule has 0 aliphatic rings. The van der Waals surface area contributed by atoms with Gasteiger partial charge in [-0.05, 0) is 50.2 Å². The summed E-state index contributed by atoms with van der Waals surface area (Å²) in [5, 5.41) is 7.48.